The average Bonchev–Trinajstić information content (AvgIpc) is 2.95. The second-order valence-corrected chi connectivity index (χ2v) is 6.81. The van der Waals surface area contributed by atoms with E-state index < -0.39 is 0 Å². The van der Waals surface area contributed by atoms with E-state index >= 15 is 0 Å². The lowest BCUT2D eigenvalue weighted by Gasteiger charge is -2.07. The molecule has 1 aliphatic heterocycles. The summed E-state index contributed by atoms with van der Waals surface area (Å²) >= 11 is 3.79. The first-order valence-electron chi connectivity index (χ1n) is 5.71. The van der Waals surface area contributed by atoms with E-state index in [1.165, 1.54) is 11.3 Å². The molecule has 3 rings (SSSR count). The standard InChI is InChI=1S/C14H11IO2S/c1-8-2-3-12(18-8)13(16)11-7-10(15)6-9-4-5-17-14(9)11/h2-3,6-7H,4-5H2,1H3. The predicted octanol–water partition coefficient (Wildman–Crippen LogP) is 3.83. The van der Waals surface area contributed by atoms with E-state index in [1.54, 1.807) is 0 Å². The lowest BCUT2D eigenvalue weighted by Crippen LogP contribution is -2.02. The van der Waals surface area contributed by atoms with Gasteiger partial charge in [-0.1, -0.05) is 0 Å². The first kappa shape index (κ1) is 12.2. The molecule has 0 bridgehead atoms. The van der Waals surface area contributed by atoms with Gasteiger partial charge in [0.25, 0.3) is 0 Å². The molecule has 0 unspecified atom stereocenters. The first-order valence-corrected chi connectivity index (χ1v) is 7.61. The quantitative estimate of drug-likeness (QED) is 0.594. The Labute approximate surface area is 123 Å². The van der Waals surface area contributed by atoms with Crippen LogP contribution in [0.15, 0.2) is 24.3 Å². The molecule has 2 aromatic rings. The van der Waals surface area contributed by atoms with Crippen LogP contribution in [0.2, 0.25) is 0 Å². The zero-order valence-corrected chi connectivity index (χ0v) is 12.8. The van der Waals surface area contributed by atoms with E-state index in [0.717, 1.165) is 31.1 Å². The minimum atomic E-state index is 0.0739. The number of carbonyl (C=O) groups is 1. The van der Waals surface area contributed by atoms with Crippen molar-refractivity contribution in [1.29, 1.82) is 0 Å². The third-order valence-corrected chi connectivity index (χ3v) is 4.58. The van der Waals surface area contributed by atoms with E-state index in [-0.39, 0.29) is 5.78 Å². The van der Waals surface area contributed by atoms with Crippen molar-refractivity contribution >= 4 is 39.7 Å². The monoisotopic (exact) mass is 370 g/mol. The molecule has 1 aromatic heterocycles. The lowest BCUT2D eigenvalue weighted by molar-refractivity contribution is 0.103. The predicted molar refractivity (Wildman–Crippen MR) is 80.8 cm³/mol. The Balaban J connectivity index is 2.10. The number of ether oxygens (including phenoxy) is 1. The zero-order valence-electron chi connectivity index (χ0n) is 9.83. The van der Waals surface area contributed by atoms with Crippen molar-refractivity contribution in [3.63, 3.8) is 0 Å². The molecule has 0 saturated carbocycles. The number of hydrogen-bond donors (Lipinski definition) is 0. The first-order chi connectivity index (χ1) is 8.65. The van der Waals surface area contributed by atoms with Gasteiger partial charge in [0.2, 0.25) is 5.78 Å². The molecule has 4 heteroatoms. The van der Waals surface area contributed by atoms with Crippen molar-refractivity contribution in [2.75, 3.05) is 6.61 Å². The molecule has 0 N–H and O–H groups in total. The largest absolute Gasteiger partial charge is 0.492 e. The van der Waals surface area contributed by atoms with Gasteiger partial charge < -0.3 is 4.74 Å². The number of hydrogen-bond acceptors (Lipinski definition) is 3. The molecule has 92 valence electrons. The summed E-state index contributed by atoms with van der Waals surface area (Å²) in [7, 11) is 0. The van der Waals surface area contributed by atoms with E-state index in [1.807, 2.05) is 25.1 Å². The summed E-state index contributed by atoms with van der Waals surface area (Å²) in [6.07, 6.45) is 0.899. The third kappa shape index (κ3) is 2.07. The molecule has 2 nitrogen and oxygen atoms in total. The number of rotatable bonds is 2. The number of ketones is 1. The molecule has 0 saturated heterocycles. The Morgan fingerprint density at radius 3 is 2.94 bits per heavy atom. The minimum absolute atomic E-state index is 0.0739. The summed E-state index contributed by atoms with van der Waals surface area (Å²) in [5.41, 5.74) is 1.86. The van der Waals surface area contributed by atoms with Crippen LogP contribution in [0.5, 0.6) is 5.75 Å². The van der Waals surface area contributed by atoms with Crippen LogP contribution in [0.1, 0.15) is 25.7 Å². The number of carbonyl (C=O) groups excluding carboxylic acids is 1. The van der Waals surface area contributed by atoms with Gasteiger partial charge in [-0.25, -0.2) is 0 Å². The van der Waals surface area contributed by atoms with Crippen molar-refractivity contribution < 1.29 is 9.53 Å². The number of fused-ring (bicyclic) bond motifs is 1. The Hall–Kier alpha value is -0.880. The fraction of sp³-hybridized carbons (Fsp3) is 0.214. The molecule has 0 atom stereocenters. The zero-order chi connectivity index (χ0) is 12.7. The van der Waals surface area contributed by atoms with Gasteiger partial charge in [0.05, 0.1) is 17.0 Å². The number of aryl methyl sites for hydroxylation is 1. The number of benzene rings is 1. The average molecular weight is 370 g/mol. The molecular weight excluding hydrogens is 359 g/mol. The molecular formula is C14H11IO2S. The van der Waals surface area contributed by atoms with Gasteiger partial charge in [-0.2, -0.15) is 0 Å². The van der Waals surface area contributed by atoms with Crippen LogP contribution in [-0.2, 0) is 6.42 Å². The van der Waals surface area contributed by atoms with Gasteiger partial charge in [-0.05, 0) is 59.3 Å². The van der Waals surface area contributed by atoms with Crippen LogP contribution in [0, 0.1) is 10.5 Å². The molecule has 0 spiro atoms. The highest BCUT2D eigenvalue weighted by Crippen LogP contribution is 2.34. The number of thiophene rings is 1. The van der Waals surface area contributed by atoms with Crippen LogP contribution >= 0.6 is 33.9 Å². The second kappa shape index (κ2) is 4.66. The molecule has 2 heterocycles. The Kier molecular flexibility index (Phi) is 3.15. The molecule has 0 aliphatic carbocycles. The highest BCUT2D eigenvalue weighted by atomic mass is 127. The Morgan fingerprint density at radius 2 is 2.22 bits per heavy atom. The van der Waals surface area contributed by atoms with Crippen LogP contribution in [0.25, 0.3) is 0 Å². The Bertz CT molecular complexity index is 631. The summed E-state index contributed by atoms with van der Waals surface area (Å²) in [5, 5.41) is 0. The fourth-order valence-corrected chi connectivity index (χ4v) is 3.64. The van der Waals surface area contributed by atoms with Gasteiger partial charge >= 0.3 is 0 Å². The molecule has 1 aromatic carbocycles. The second-order valence-electron chi connectivity index (χ2n) is 4.28. The summed E-state index contributed by atoms with van der Waals surface area (Å²) in [6.45, 7) is 2.69. The third-order valence-electron chi connectivity index (χ3n) is 2.96. The molecule has 0 amide bonds. The minimum Gasteiger partial charge on any atom is -0.492 e. The van der Waals surface area contributed by atoms with Gasteiger partial charge in [0.15, 0.2) is 0 Å². The maximum absolute atomic E-state index is 12.5. The maximum Gasteiger partial charge on any atom is 0.206 e. The van der Waals surface area contributed by atoms with E-state index in [0.29, 0.717) is 12.2 Å². The van der Waals surface area contributed by atoms with Crippen LogP contribution in [-0.4, -0.2) is 12.4 Å². The topological polar surface area (TPSA) is 26.3 Å². The van der Waals surface area contributed by atoms with E-state index in [9.17, 15) is 4.79 Å². The van der Waals surface area contributed by atoms with Gasteiger partial charge in [-0.15, -0.1) is 11.3 Å². The summed E-state index contributed by atoms with van der Waals surface area (Å²) in [4.78, 5) is 14.4. The Morgan fingerprint density at radius 1 is 1.39 bits per heavy atom. The number of halogens is 1. The maximum atomic E-state index is 12.5. The van der Waals surface area contributed by atoms with Crippen molar-refractivity contribution in [2.24, 2.45) is 0 Å². The molecule has 0 radical (unpaired) electrons. The van der Waals surface area contributed by atoms with E-state index in [2.05, 4.69) is 28.7 Å². The van der Waals surface area contributed by atoms with Crippen molar-refractivity contribution in [1.82, 2.24) is 0 Å². The summed E-state index contributed by atoms with van der Waals surface area (Å²) < 4.78 is 6.71. The highest BCUT2D eigenvalue weighted by molar-refractivity contribution is 14.1. The summed E-state index contributed by atoms with van der Waals surface area (Å²) in [5.74, 6) is 0.858. The van der Waals surface area contributed by atoms with Crippen LogP contribution in [0.4, 0.5) is 0 Å². The van der Waals surface area contributed by atoms with Gasteiger partial charge in [0, 0.05) is 14.9 Å². The van der Waals surface area contributed by atoms with Gasteiger partial charge in [0.1, 0.15) is 5.75 Å². The highest BCUT2D eigenvalue weighted by Gasteiger charge is 2.23. The molecule has 18 heavy (non-hydrogen) atoms. The van der Waals surface area contributed by atoms with Crippen molar-refractivity contribution in [3.05, 3.63) is 48.7 Å². The van der Waals surface area contributed by atoms with Crippen molar-refractivity contribution in [2.45, 2.75) is 13.3 Å². The fourth-order valence-electron chi connectivity index (χ4n) is 2.13. The van der Waals surface area contributed by atoms with Crippen LogP contribution < -0.4 is 4.74 Å². The molecule has 0 fully saturated rings. The molecule has 1 aliphatic rings. The smallest absolute Gasteiger partial charge is 0.206 e. The lowest BCUT2D eigenvalue weighted by atomic mass is 10.0. The van der Waals surface area contributed by atoms with Crippen molar-refractivity contribution in [3.8, 4) is 5.75 Å². The normalized spacial score (nSPS) is 13.2. The summed E-state index contributed by atoms with van der Waals surface area (Å²) in [6, 6.07) is 7.89. The SMILES string of the molecule is Cc1ccc(C(=O)c2cc(I)cc3c2OCC3)s1. The van der Waals surface area contributed by atoms with E-state index in [4.69, 9.17) is 4.74 Å². The van der Waals surface area contributed by atoms with Crippen LogP contribution in [0.3, 0.4) is 0 Å². The van der Waals surface area contributed by atoms with Gasteiger partial charge in [-0.3, -0.25) is 4.79 Å².